The van der Waals surface area contributed by atoms with Crippen LogP contribution in [-0.2, 0) is 0 Å². The smallest absolute Gasteiger partial charge is 0.123 e. The number of benzene rings is 1. The fraction of sp³-hybridized carbons (Fsp3) is 0.625. The zero-order chi connectivity index (χ0) is 13.3. The minimum absolute atomic E-state index is 0.683. The van der Waals surface area contributed by atoms with E-state index in [1.54, 1.807) is 0 Å². The van der Waals surface area contributed by atoms with E-state index in [-0.39, 0.29) is 0 Å². The van der Waals surface area contributed by atoms with E-state index in [1.807, 2.05) is 31.3 Å². The molecule has 2 rings (SSSR count). The van der Waals surface area contributed by atoms with Gasteiger partial charge >= 0.3 is 0 Å². The largest absolute Gasteiger partial charge is 0.493 e. The van der Waals surface area contributed by atoms with Gasteiger partial charge in [0.1, 0.15) is 18.1 Å². The lowest BCUT2D eigenvalue weighted by Crippen LogP contribution is -2.16. The van der Waals surface area contributed by atoms with Crippen LogP contribution < -0.4 is 14.8 Å². The van der Waals surface area contributed by atoms with Gasteiger partial charge in [0.2, 0.25) is 0 Å². The molecule has 1 aliphatic carbocycles. The molecule has 1 saturated carbocycles. The van der Waals surface area contributed by atoms with Gasteiger partial charge in [0.25, 0.3) is 0 Å². The topological polar surface area (TPSA) is 30.5 Å². The monoisotopic (exact) mass is 263 g/mol. The molecule has 0 radical (unpaired) electrons. The first-order valence-electron chi connectivity index (χ1n) is 7.39. The molecule has 0 aromatic heterocycles. The van der Waals surface area contributed by atoms with Crippen LogP contribution in [0.2, 0.25) is 0 Å². The van der Waals surface area contributed by atoms with E-state index in [9.17, 15) is 0 Å². The molecule has 19 heavy (non-hydrogen) atoms. The second kappa shape index (κ2) is 8.05. The second-order valence-electron chi connectivity index (χ2n) is 5.24. The van der Waals surface area contributed by atoms with Crippen LogP contribution in [0.3, 0.4) is 0 Å². The summed E-state index contributed by atoms with van der Waals surface area (Å²) in [6.07, 6.45) is 6.75. The average Bonchev–Trinajstić information content (AvgIpc) is 2.47. The van der Waals surface area contributed by atoms with Crippen LogP contribution in [0.5, 0.6) is 11.5 Å². The molecule has 3 nitrogen and oxygen atoms in total. The zero-order valence-electron chi connectivity index (χ0n) is 11.9. The molecule has 1 aromatic carbocycles. The maximum absolute atomic E-state index is 5.90. The summed E-state index contributed by atoms with van der Waals surface area (Å²) in [5, 5.41) is 3.06. The second-order valence-corrected chi connectivity index (χ2v) is 5.24. The van der Waals surface area contributed by atoms with Crippen LogP contribution in [-0.4, -0.2) is 26.8 Å². The first kappa shape index (κ1) is 14.2. The van der Waals surface area contributed by atoms with Crippen molar-refractivity contribution in [2.24, 2.45) is 5.92 Å². The van der Waals surface area contributed by atoms with Gasteiger partial charge < -0.3 is 14.8 Å². The maximum Gasteiger partial charge on any atom is 0.123 e. The molecular formula is C16H25NO2. The van der Waals surface area contributed by atoms with Gasteiger partial charge in [0.05, 0.1) is 6.61 Å². The highest BCUT2D eigenvalue weighted by Crippen LogP contribution is 2.25. The maximum atomic E-state index is 5.90. The van der Waals surface area contributed by atoms with Crippen molar-refractivity contribution in [2.75, 3.05) is 26.8 Å². The lowest BCUT2D eigenvalue weighted by molar-refractivity contribution is 0.208. The molecule has 1 aliphatic rings. The number of likely N-dealkylation sites (N-methyl/N-ethyl adjacent to an activating group) is 1. The fourth-order valence-electron chi connectivity index (χ4n) is 2.49. The Labute approximate surface area is 116 Å². The number of ether oxygens (including phenoxy) is 2. The predicted octanol–water partition coefficient (Wildman–Crippen LogP) is 3.24. The third-order valence-corrected chi connectivity index (χ3v) is 3.64. The van der Waals surface area contributed by atoms with Crippen molar-refractivity contribution in [3.63, 3.8) is 0 Å². The van der Waals surface area contributed by atoms with Gasteiger partial charge in [-0.05, 0) is 37.9 Å². The van der Waals surface area contributed by atoms with E-state index < -0.39 is 0 Å². The molecule has 106 valence electrons. The van der Waals surface area contributed by atoms with Crippen molar-refractivity contribution < 1.29 is 9.47 Å². The van der Waals surface area contributed by atoms with Gasteiger partial charge in [-0.3, -0.25) is 0 Å². The van der Waals surface area contributed by atoms with Crippen LogP contribution >= 0.6 is 0 Å². The Morgan fingerprint density at radius 2 is 1.84 bits per heavy atom. The highest BCUT2D eigenvalue weighted by molar-refractivity contribution is 5.32. The van der Waals surface area contributed by atoms with Gasteiger partial charge in [-0.1, -0.05) is 25.3 Å². The van der Waals surface area contributed by atoms with Crippen LogP contribution in [0.1, 0.15) is 32.1 Å². The molecule has 1 N–H and O–H groups in total. The van der Waals surface area contributed by atoms with Gasteiger partial charge in [0, 0.05) is 12.6 Å². The van der Waals surface area contributed by atoms with Gasteiger partial charge in [0.15, 0.2) is 0 Å². The van der Waals surface area contributed by atoms with E-state index in [2.05, 4.69) is 5.32 Å². The summed E-state index contributed by atoms with van der Waals surface area (Å²) < 4.78 is 11.5. The van der Waals surface area contributed by atoms with Crippen LogP contribution in [0, 0.1) is 5.92 Å². The standard InChI is InChI=1S/C16H25NO2/c1-17-10-11-18-15-8-5-9-16(12-15)19-13-14-6-3-2-4-7-14/h5,8-9,12,14,17H,2-4,6-7,10-11,13H2,1H3. The van der Waals surface area contributed by atoms with E-state index in [4.69, 9.17) is 9.47 Å². The van der Waals surface area contributed by atoms with Crippen LogP contribution in [0.25, 0.3) is 0 Å². The highest BCUT2D eigenvalue weighted by Gasteiger charge is 2.13. The molecule has 0 atom stereocenters. The van der Waals surface area contributed by atoms with Crippen molar-refractivity contribution >= 4 is 0 Å². The van der Waals surface area contributed by atoms with Crippen molar-refractivity contribution in [1.29, 1.82) is 0 Å². The molecular weight excluding hydrogens is 238 g/mol. The van der Waals surface area contributed by atoms with Gasteiger partial charge in [-0.15, -0.1) is 0 Å². The highest BCUT2D eigenvalue weighted by atomic mass is 16.5. The Morgan fingerprint density at radius 3 is 2.58 bits per heavy atom. The Hall–Kier alpha value is -1.22. The van der Waals surface area contributed by atoms with E-state index in [0.717, 1.165) is 30.6 Å². The minimum Gasteiger partial charge on any atom is -0.493 e. The Balaban J connectivity index is 1.77. The Kier molecular flexibility index (Phi) is 6.02. The summed E-state index contributed by atoms with van der Waals surface area (Å²) in [5.74, 6) is 2.55. The molecule has 3 heteroatoms. The zero-order valence-corrected chi connectivity index (χ0v) is 11.9. The number of nitrogens with one attached hydrogen (secondary N) is 1. The fourth-order valence-corrected chi connectivity index (χ4v) is 2.49. The van der Waals surface area contributed by atoms with Crippen LogP contribution in [0.4, 0.5) is 0 Å². The normalized spacial score (nSPS) is 16.3. The van der Waals surface area contributed by atoms with Crippen molar-refractivity contribution in [3.8, 4) is 11.5 Å². The van der Waals surface area contributed by atoms with Crippen LogP contribution in [0.15, 0.2) is 24.3 Å². The van der Waals surface area contributed by atoms with E-state index >= 15 is 0 Å². The number of hydrogen-bond donors (Lipinski definition) is 1. The molecule has 0 unspecified atom stereocenters. The molecule has 0 bridgehead atoms. The first-order valence-corrected chi connectivity index (χ1v) is 7.39. The molecule has 0 amide bonds. The SMILES string of the molecule is CNCCOc1cccc(OCC2CCCCC2)c1. The number of hydrogen-bond acceptors (Lipinski definition) is 3. The summed E-state index contributed by atoms with van der Waals surface area (Å²) in [4.78, 5) is 0. The van der Waals surface area contributed by atoms with E-state index in [1.165, 1.54) is 32.1 Å². The van der Waals surface area contributed by atoms with Gasteiger partial charge in [-0.25, -0.2) is 0 Å². The third kappa shape index (κ3) is 5.11. The summed E-state index contributed by atoms with van der Waals surface area (Å²) in [7, 11) is 1.92. The lowest BCUT2D eigenvalue weighted by atomic mass is 9.90. The first-order chi connectivity index (χ1) is 9.38. The Morgan fingerprint density at radius 1 is 1.11 bits per heavy atom. The summed E-state index contributed by atoms with van der Waals surface area (Å²) in [5.41, 5.74) is 0. The summed E-state index contributed by atoms with van der Waals surface area (Å²) in [6.45, 7) is 2.38. The third-order valence-electron chi connectivity index (χ3n) is 3.64. The predicted molar refractivity (Wildman–Crippen MR) is 77.9 cm³/mol. The molecule has 1 aromatic rings. The average molecular weight is 263 g/mol. The van der Waals surface area contributed by atoms with E-state index in [0.29, 0.717) is 6.61 Å². The summed E-state index contributed by atoms with van der Waals surface area (Å²) in [6, 6.07) is 7.96. The lowest BCUT2D eigenvalue weighted by Gasteiger charge is -2.21. The Bertz CT molecular complexity index is 362. The minimum atomic E-state index is 0.683. The molecule has 0 heterocycles. The molecule has 0 saturated heterocycles. The molecule has 1 fully saturated rings. The molecule has 0 aliphatic heterocycles. The van der Waals surface area contributed by atoms with Crippen molar-refractivity contribution in [3.05, 3.63) is 24.3 Å². The molecule has 0 spiro atoms. The quantitative estimate of drug-likeness (QED) is 0.766. The number of rotatable bonds is 7. The van der Waals surface area contributed by atoms with Crippen molar-refractivity contribution in [1.82, 2.24) is 5.32 Å². The van der Waals surface area contributed by atoms with Crippen molar-refractivity contribution in [2.45, 2.75) is 32.1 Å². The summed E-state index contributed by atoms with van der Waals surface area (Å²) >= 11 is 0. The van der Waals surface area contributed by atoms with Gasteiger partial charge in [-0.2, -0.15) is 0 Å².